The van der Waals surface area contributed by atoms with E-state index in [1.807, 2.05) is 0 Å². The largest absolute Gasteiger partial charge is 0.395 e. The van der Waals surface area contributed by atoms with E-state index < -0.39 is 23.7 Å². The molecule has 4 N–H and O–H groups in total. The first-order valence-electron chi connectivity index (χ1n) is 14.5. The first-order valence-corrected chi connectivity index (χ1v) is 15.6. The molecule has 8 nitrogen and oxygen atoms in total. The number of nitrogens with two attached hydrogens (primary N) is 1. The molecular formula is C31H35ClFN5O3S. The number of anilines is 1. The Hall–Kier alpha value is -3.50. The van der Waals surface area contributed by atoms with Crippen LogP contribution in [0.4, 0.5) is 10.1 Å². The van der Waals surface area contributed by atoms with Crippen molar-refractivity contribution in [3.8, 4) is 0 Å². The van der Waals surface area contributed by atoms with Crippen LogP contribution in [0, 0.1) is 5.82 Å². The molecule has 5 rings (SSSR count). The monoisotopic (exact) mass is 611 g/mol. The minimum Gasteiger partial charge on any atom is -0.395 e. The third-order valence-corrected chi connectivity index (χ3v) is 9.19. The van der Waals surface area contributed by atoms with Gasteiger partial charge in [0, 0.05) is 22.7 Å². The van der Waals surface area contributed by atoms with Crippen molar-refractivity contribution >= 4 is 46.5 Å². The van der Waals surface area contributed by atoms with Crippen molar-refractivity contribution in [3.63, 3.8) is 0 Å². The van der Waals surface area contributed by atoms with Gasteiger partial charge in [-0.1, -0.05) is 74.0 Å². The summed E-state index contributed by atoms with van der Waals surface area (Å²) < 4.78 is 19.2. The number of benzene rings is 2. The van der Waals surface area contributed by atoms with Crippen LogP contribution in [0.1, 0.15) is 95.1 Å². The number of hydrogen-bond acceptors (Lipinski definition) is 6. The fourth-order valence-electron chi connectivity index (χ4n) is 5.80. The number of nitrogen functional groups attached to an aromatic ring is 1. The van der Waals surface area contributed by atoms with Gasteiger partial charge >= 0.3 is 0 Å². The highest BCUT2D eigenvalue weighted by Gasteiger charge is 2.36. The van der Waals surface area contributed by atoms with Crippen molar-refractivity contribution in [1.82, 2.24) is 19.9 Å². The molecule has 3 amide bonds. The fourth-order valence-corrected chi connectivity index (χ4v) is 6.69. The molecule has 2 aliphatic rings. The predicted molar refractivity (Wildman–Crippen MR) is 162 cm³/mol. The van der Waals surface area contributed by atoms with Crippen molar-refractivity contribution in [2.75, 3.05) is 5.73 Å². The number of carbonyl (C=O) groups is 3. The van der Waals surface area contributed by atoms with Gasteiger partial charge in [0.05, 0.1) is 12.2 Å². The van der Waals surface area contributed by atoms with Gasteiger partial charge in [-0.3, -0.25) is 14.4 Å². The van der Waals surface area contributed by atoms with E-state index in [0.29, 0.717) is 10.6 Å². The fraction of sp³-hybridized carbons (Fsp3) is 0.419. The number of nitrogens with one attached hydrogen (secondary N) is 2. The van der Waals surface area contributed by atoms with Crippen LogP contribution in [-0.4, -0.2) is 39.1 Å². The highest BCUT2D eigenvalue weighted by Crippen LogP contribution is 2.32. The summed E-state index contributed by atoms with van der Waals surface area (Å²) in [6.07, 6.45) is 8.72. The molecule has 0 saturated heterocycles. The van der Waals surface area contributed by atoms with E-state index in [0.717, 1.165) is 69.3 Å². The summed E-state index contributed by atoms with van der Waals surface area (Å²) in [5.74, 6) is -1.94. The summed E-state index contributed by atoms with van der Waals surface area (Å²) in [6, 6.07) is 11.7. The van der Waals surface area contributed by atoms with E-state index in [9.17, 15) is 18.8 Å². The summed E-state index contributed by atoms with van der Waals surface area (Å²) in [4.78, 5) is 42.6. The molecule has 0 bridgehead atoms. The van der Waals surface area contributed by atoms with E-state index in [-0.39, 0.29) is 46.4 Å². The molecule has 2 fully saturated rings. The number of halogens is 2. The predicted octanol–water partition coefficient (Wildman–Crippen LogP) is 6.02. The van der Waals surface area contributed by atoms with Crippen molar-refractivity contribution in [2.24, 2.45) is 0 Å². The van der Waals surface area contributed by atoms with Crippen LogP contribution in [0.15, 0.2) is 48.5 Å². The maximum atomic E-state index is 14.9. The van der Waals surface area contributed by atoms with Gasteiger partial charge in [-0.2, -0.15) is 4.37 Å². The van der Waals surface area contributed by atoms with Gasteiger partial charge in [0.25, 0.3) is 11.8 Å². The van der Waals surface area contributed by atoms with Crippen LogP contribution < -0.4 is 16.4 Å². The van der Waals surface area contributed by atoms with Crippen LogP contribution in [-0.2, 0) is 11.3 Å². The maximum Gasteiger partial charge on any atom is 0.273 e. The molecule has 2 saturated carbocycles. The van der Waals surface area contributed by atoms with Gasteiger partial charge in [-0.25, -0.2) is 4.39 Å². The highest BCUT2D eigenvalue weighted by atomic mass is 35.5. The van der Waals surface area contributed by atoms with Gasteiger partial charge in [-0.15, -0.1) is 0 Å². The van der Waals surface area contributed by atoms with Crippen molar-refractivity contribution in [3.05, 3.63) is 81.1 Å². The molecule has 1 atom stereocenters. The number of hydrogen-bond donors (Lipinski definition) is 3. The quantitative estimate of drug-likeness (QED) is 0.273. The number of aromatic nitrogens is 1. The molecule has 0 unspecified atom stereocenters. The minimum absolute atomic E-state index is 0.0127. The molecule has 1 aromatic heterocycles. The lowest BCUT2D eigenvalue weighted by atomic mass is 9.95. The molecule has 1 heterocycles. The molecule has 2 aliphatic carbocycles. The topological polar surface area (TPSA) is 117 Å². The number of carbonyl (C=O) groups excluding carboxylic acids is 3. The Bertz CT molecular complexity index is 1420. The van der Waals surface area contributed by atoms with E-state index >= 15 is 0 Å². The van der Waals surface area contributed by atoms with Crippen LogP contribution in [0.5, 0.6) is 0 Å². The Kier molecular flexibility index (Phi) is 9.74. The highest BCUT2D eigenvalue weighted by molar-refractivity contribution is 7.09. The Balaban J connectivity index is 1.51. The maximum absolute atomic E-state index is 14.9. The molecule has 3 aromatic rings. The van der Waals surface area contributed by atoms with Gasteiger partial charge in [0.1, 0.15) is 16.7 Å². The second-order valence-electron chi connectivity index (χ2n) is 11.1. The molecule has 0 radical (unpaired) electrons. The summed E-state index contributed by atoms with van der Waals surface area (Å²) >= 11 is 6.96. The Labute approximate surface area is 254 Å². The first-order chi connectivity index (χ1) is 20.3. The molecule has 11 heteroatoms. The molecule has 0 aliphatic heterocycles. The lowest BCUT2D eigenvalue weighted by molar-refractivity contribution is -0.126. The first kappa shape index (κ1) is 30.0. The summed E-state index contributed by atoms with van der Waals surface area (Å²) in [5, 5.41) is 6.56. The second kappa shape index (κ2) is 13.6. The zero-order chi connectivity index (χ0) is 29.6. The third kappa shape index (κ3) is 6.93. The average molecular weight is 612 g/mol. The minimum atomic E-state index is -1.11. The van der Waals surface area contributed by atoms with E-state index in [4.69, 9.17) is 17.3 Å². The lowest BCUT2D eigenvalue weighted by Crippen LogP contribution is -2.46. The Morgan fingerprint density at radius 2 is 1.57 bits per heavy atom. The Morgan fingerprint density at radius 3 is 2.24 bits per heavy atom. The van der Waals surface area contributed by atoms with Crippen molar-refractivity contribution in [1.29, 1.82) is 0 Å². The van der Waals surface area contributed by atoms with E-state index in [2.05, 4.69) is 15.0 Å². The van der Waals surface area contributed by atoms with Crippen LogP contribution in [0.25, 0.3) is 0 Å². The molecule has 2 aromatic carbocycles. The summed E-state index contributed by atoms with van der Waals surface area (Å²) in [7, 11) is 0. The van der Waals surface area contributed by atoms with Gasteiger partial charge in [0.15, 0.2) is 5.69 Å². The number of nitrogens with zero attached hydrogens (tertiary/aromatic N) is 2. The Morgan fingerprint density at radius 1 is 0.952 bits per heavy atom. The van der Waals surface area contributed by atoms with Gasteiger partial charge < -0.3 is 21.3 Å². The standard InChI is InChI=1S/C31H35ClFN5O3S/c32-21-16-14-19(15-17-21)27(30(40)36-23-11-5-6-12-23)38(18-20-8-4-7-13-24(20)33)31(41)28-25(34)26(37-42-28)29(39)35-22-9-2-1-3-10-22/h4,7-8,13-17,22-23,27H,1-3,5-6,9-12,18,34H2,(H,35,39)(H,36,40)/t27-/m1/s1. The molecular weight excluding hydrogens is 577 g/mol. The molecule has 222 valence electrons. The van der Waals surface area contributed by atoms with Gasteiger partial charge in [0.2, 0.25) is 5.91 Å². The van der Waals surface area contributed by atoms with Gasteiger partial charge in [-0.05, 0) is 61.0 Å². The van der Waals surface area contributed by atoms with Crippen LogP contribution in [0.3, 0.4) is 0 Å². The summed E-state index contributed by atoms with van der Waals surface area (Å²) in [5.41, 5.74) is 7.06. The van der Waals surface area contributed by atoms with E-state index in [1.165, 1.54) is 11.0 Å². The molecule has 42 heavy (non-hydrogen) atoms. The third-order valence-electron chi connectivity index (χ3n) is 8.08. The number of amides is 3. The lowest BCUT2D eigenvalue weighted by Gasteiger charge is -2.32. The second-order valence-corrected chi connectivity index (χ2v) is 12.3. The zero-order valence-corrected chi connectivity index (χ0v) is 24.9. The molecule has 0 spiro atoms. The zero-order valence-electron chi connectivity index (χ0n) is 23.3. The van der Waals surface area contributed by atoms with E-state index in [1.54, 1.807) is 42.5 Å². The number of rotatable bonds is 9. The van der Waals surface area contributed by atoms with Crippen molar-refractivity contribution < 1.29 is 18.8 Å². The van der Waals surface area contributed by atoms with Crippen molar-refractivity contribution in [2.45, 2.75) is 82.5 Å². The summed E-state index contributed by atoms with van der Waals surface area (Å²) in [6.45, 7) is -0.210. The van der Waals surface area contributed by atoms with Crippen LogP contribution >= 0.6 is 23.1 Å². The smallest absolute Gasteiger partial charge is 0.273 e. The SMILES string of the molecule is Nc1c(C(=O)NC2CCCCC2)nsc1C(=O)N(Cc1ccccc1F)[C@@H](C(=O)NC1CCCC1)c1ccc(Cl)cc1. The normalized spacial score (nSPS) is 16.6. The average Bonchev–Trinajstić information content (AvgIpc) is 3.64. The van der Waals surface area contributed by atoms with Crippen LogP contribution in [0.2, 0.25) is 5.02 Å².